The van der Waals surface area contributed by atoms with Crippen LogP contribution in [0.1, 0.15) is 23.2 Å². The fourth-order valence-electron chi connectivity index (χ4n) is 3.54. The van der Waals surface area contributed by atoms with Crippen molar-refractivity contribution in [2.24, 2.45) is 0 Å². The van der Waals surface area contributed by atoms with Crippen molar-refractivity contribution in [1.29, 1.82) is 0 Å². The predicted octanol–water partition coefficient (Wildman–Crippen LogP) is 3.07. The van der Waals surface area contributed by atoms with Crippen LogP contribution in [0.5, 0.6) is 5.75 Å². The average molecular weight is 386 g/mol. The molecule has 140 valence electrons. The summed E-state index contributed by atoms with van der Waals surface area (Å²) in [7, 11) is 0. The number of fused-ring (bicyclic) bond motifs is 3. The van der Waals surface area contributed by atoms with E-state index in [1.54, 1.807) is 36.4 Å². The van der Waals surface area contributed by atoms with Crippen molar-refractivity contribution in [3.63, 3.8) is 0 Å². The zero-order valence-corrected chi connectivity index (χ0v) is 15.5. The van der Waals surface area contributed by atoms with Gasteiger partial charge in [-0.15, -0.1) is 0 Å². The lowest BCUT2D eigenvalue weighted by Gasteiger charge is -2.33. The number of amides is 2. The number of hydrogen-bond donors (Lipinski definition) is 2. The van der Waals surface area contributed by atoms with Crippen LogP contribution in [0.3, 0.4) is 0 Å². The first-order valence-electron chi connectivity index (χ1n) is 9.00. The Morgan fingerprint density at radius 1 is 1.26 bits per heavy atom. The van der Waals surface area contributed by atoms with Crippen LogP contribution < -0.4 is 20.3 Å². The molecule has 1 saturated heterocycles. The molecule has 2 aromatic carbocycles. The first kappa shape index (κ1) is 17.7. The SMILES string of the molecule is O=C(NCCOc1ccc(Cl)cc1)c1ccc2c(c1)NC(=O)[C@@H]1CCCN21. The lowest BCUT2D eigenvalue weighted by atomic mass is 10.1. The van der Waals surface area contributed by atoms with Gasteiger partial charge in [-0.25, -0.2) is 0 Å². The minimum atomic E-state index is -0.199. The van der Waals surface area contributed by atoms with Crippen LogP contribution in [0.15, 0.2) is 42.5 Å². The van der Waals surface area contributed by atoms with Crippen molar-refractivity contribution in [3.8, 4) is 5.75 Å². The largest absolute Gasteiger partial charge is 0.492 e. The Kier molecular flexibility index (Phi) is 4.90. The Hall–Kier alpha value is -2.73. The van der Waals surface area contributed by atoms with Crippen LogP contribution in [-0.4, -0.2) is 37.6 Å². The molecule has 0 unspecified atom stereocenters. The van der Waals surface area contributed by atoms with E-state index in [2.05, 4.69) is 15.5 Å². The van der Waals surface area contributed by atoms with Crippen molar-refractivity contribution in [1.82, 2.24) is 5.32 Å². The molecule has 2 amide bonds. The number of benzene rings is 2. The van der Waals surface area contributed by atoms with E-state index in [0.29, 0.717) is 35.2 Å². The maximum absolute atomic E-state index is 12.4. The Labute approximate surface area is 162 Å². The van der Waals surface area contributed by atoms with Crippen molar-refractivity contribution in [2.75, 3.05) is 29.9 Å². The summed E-state index contributed by atoms with van der Waals surface area (Å²) >= 11 is 5.83. The third-order valence-corrected chi connectivity index (χ3v) is 5.10. The van der Waals surface area contributed by atoms with Crippen molar-refractivity contribution >= 4 is 34.8 Å². The molecule has 1 atom stereocenters. The number of nitrogens with one attached hydrogen (secondary N) is 2. The molecule has 2 aliphatic rings. The van der Waals surface area contributed by atoms with Crippen molar-refractivity contribution in [3.05, 3.63) is 53.1 Å². The molecule has 7 heteroatoms. The number of rotatable bonds is 5. The van der Waals surface area contributed by atoms with Crippen LogP contribution in [-0.2, 0) is 4.79 Å². The molecule has 0 aromatic heterocycles. The number of hydrogen-bond acceptors (Lipinski definition) is 4. The highest BCUT2D eigenvalue weighted by molar-refractivity contribution is 6.30. The van der Waals surface area contributed by atoms with E-state index in [0.717, 1.165) is 25.1 Å². The summed E-state index contributed by atoms with van der Waals surface area (Å²) in [5, 5.41) is 6.40. The molecule has 1 fully saturated rings. The van der Waals surface area contributed by atoms with Gasteiger partial charge in [-0.05, 0) is 55.3 Å². The molecule has 2 aliphatic heterocycles. The van der Waals surface area contributed by atoms with Gasteiger partial charge in [-0.1, -0.05) is 11.6 Å². The van der Waals surface area contributed by atoms with Gasteiger partial charge in [0.05, 0.1) is 17.9 Å². The highest BCUT2D eigenvalue weighted by Crippen LogP contribution is 2.37. The smallest absolute Gasteiger partial charge is 0.251 e. The Morgan fingerprint density at radius 3 is 2.89 bits per heavy atom. The molecule has 4 rings (SSSR count). The summed E-state index contributed by atoms with van der Waals surface area (Å²) < 4.78 is 5.56. The molecule has 0 saturated carbocycles. The summed E-state index contributed by atoms with van der Waals surface area (Å²) in [5.41, 5.74) is 2.20. The quantitative estimate of drug-likeness (QED) is 0.776. The van der Waals surface area contributed by atoms with Crippen LogP contribution in [0.25, 0.3) is 0 Å². The number of halogens is 1. The molecule has 0 radical (unpaired) electrons. The van der Waals surface area contributed by atoms with Crippen LogP contribution in [0.2, 0.25) is 5.02 Å². The zero-order valence-electron chi connectivity index (χ0n) is 14.7. The van der Waals surface area contributed by atoms with Gasteiger partial charge >= 0.3 is 0 Å². The fraction of sp³-hybridized carbons (Fsp3) is 0.300. The molecule has 6 nitrogen and oxygen atoms in total. The predicted molar refractivity (Wildman–Crippen MR) is 105 cm³/mol. The van der Waals surface area contributed by atoms with Gasteiger partial charge in [0.2, 0.25) is 5.91 Å². The molecule has 2 N–H and O–H groups in total. The highest BCUT2D eigenvalue weighted by Gasteiger charge is 2.36. The monoisotopic (exact) mass is 385 g/mol. The van der Waals surface area contributed by atoms with E-state index in [-0.39, 0.29) is 17.9 Å². The van der Waals surface area contributed by atoms with Gasteiger partial charge in [-0.3, -0.25) is 9.59 Å². The number of anilines is 2. The third-order valence-electron chi connectivity index (χ3n) is 4.85. The van der Waals surface area contributed by atoms with E-state index in [1.807, 2.05) is 6.07 Å². The zero-order chi connectivity index (χ0) is 18.8. The van der Waals surface area contributed by atoms with Crippen molar-refractivity contribution in [2.45, 2.75) is 18.9 Å². The Bertz CT molecular complexity index is 869. The second-order valence-corrected chi connectivity index (χ2v) is 7.07. The topological polar surface area (TPSA) is 70.7 Å². The van der Waals surface area contributed by atoms with Gasteiger partial charge in [0.15, 0.2) is 0 Å². The van der Waals surface area contributed by atoms with Crippen LogP contribution in [0, 0.1) is 0 Å². The summed E-state index contributed by atoms with van der Waals surface area (Å²) in [6.07, 6.45) is 1.88. The first-order chi connectivity index (χ1) is 13.1. The lowest BCUT2D eigenvalue weighted by Crippen LogP contribution is -2.44. The van der Waals surface area contributed by atoms with Crippen molar-refractivity contribution < 1.29 is 14.3 Å². The Morgan fingerprint density at radius 2 is 2.07 bits per heavy atom. The molecule has 0 aliphatic carbocycles. The second-order valence-electron chi connectivity index (χ2n) is 6.63. The fourth-order valence-corrected chi connectivity index (χ4v) is 3.66. The second kappa shape index (κ2) is 7.48. The van der Waals surface area contributed by atoms with Gasteiger partial charge in [-0.2, -0.15) is 0 Å². The number of carbonyl (C=O) groups excluding carboxylic acids is 2. The summed E-state index contributed by atoms with van der Waals surface area (Å²) in [6.45, 7) is 1.60. The molecule has 0 bridgehead atoms. The van der Waals surface area contributed by atoms with Gasteiger partial charge < -0.3 is 20.3 Å². The normalized spacial score (nSPS) is 17.7. The van der Waals surface area contributed by atoms with Gasteiger partial charge in [0.1, 0.15) is 18.4 Å². The molecular formula is C20H20ClN3O3. The van der Waals surface area contributed by atoms with Crippen LogP contribution in [0.4, 0.5) is 11.4 Å². The average Bonchev–Trinajstić information content (AvgIpc) is 3.17. The maximum atomic E-state index is 12.4. The molecule has 2 heterocycles. The van der Waals surface area contributed by atoms with E-state index < -0.39 is 0 Å². The minimum Gasteiger partial charge on any atom is -0.492 e. The minimum absolute atomic E-state index is 0.00826. The van der Waals surface area contributed by atoms with Crippen LogP contribution >= 0.6 is 11.6 Å². The number of carbonyl (C=O) groups is 2. The third kappa shape index (κ3) is 3.71. The van der Waals surface area contributed by atoms with Gasteiger partial charge in [0.25, 0.3) is 5.91 Å². The molecular weight excluding hydrogens is 366 g/mol. The summed E-state index contributed by atoms with van der Waals surface area (Å²) in [6, 6.07) is 12.4. The Balaban J connectivity index is 1.35. The molecule has 0 spiro atoms. The van der Waals surface area contributed by atoms with E-state index in [1.165, 1.54) is 0 Å². The van der Waals surface area contributed by atoms with E-state index in [9.17, 15) is 9.59 Å². The number of nitrogens with zero attached hydrogens (tertiary/aromatic N) is 1. The lowest BCUT2D eigenvalue weighted by molar-refractivity contribution is -0.117. The van der Waals surface area contributed by atoms with E-state index in [4.69, 9.17) is 16.3 Å². The maximum Gasteiger partial charge on any atom is 0.251 e. The highest BCUT2D eigenvalue weighted by atomic mass is 35.5. The molecule has 27 heavy (non-hydrogen) atoms. The summed E-state index contributed by atoms with van der Waals surface area (Å²) in [4.78, 5) is 26.7. The molecule has 2 aromatic rings. The first-order valence-corrected chi connectivity index (χ1v) is 9.38. The standard InChI is InChI=1S/C20H20ClN3O3/c21-14-4-6-15(7-5-14)27-11-9-22-19(25)13-3-8-17-16(12-13)23-20(26)18-2-1-10-24(17)18/h3-8,12,18H,1-2,9-11H2,(H,22,25)(H,23,26)/t18-/m0/s1. The van der Waals surface area contributed by atoms with E-state index >= 15 is 0 Å². The number of ether oxygens (including phenoxy) is 1. The van der Waals surface area contributed by atoms with Gasteiger partial charge in [0, 0.05) is 17.1 Å². The summed E-state index contributed by atoms with van der Waals surface area (Å²) in [5.74, 6) is 0.509.